The summed E-state index contributed by atoms with van der Waals surface area (Å²) >= 11 is 0. The van der Waals surface area contributed by atoms with Crippen LogP contribution in [0, 0.1) is 0 Å². The molecule has 0 aliphatic rings. The Balaban J connectivity index is 4.35. The third kappa shape index (κ3) is 44.3. The van der Waals surface area contributed by atoms with Gasteiger partial charge < -0.3 is 27.9 Å². The maximum atomic E-state index is 12.6. The summed E-state index contributed by atoms with van der Waals surface area (Å²) in [5.41, 5.74) is 0. The Morgan fingerprint density at radius 2 is 0.966 bits per heavy atom. The molecule has 0 aliphatic carbocycles. The van der Waals surface area contributed by atoms with Crippen molar-refractivity contribution in [1.82, 2.24) is 0 Å². The number of allylic oxidation sites excluding steroid dienone is 16. The van der Waals surface area contributed by atoms with Crippen LogP contribution in [0.15, 0.2) is 97.2 Å². The molecular formula is C49H82NO8P. The maximum absolute atomic E-state index is 12.6. The Kier molecular flexibility index (Phi) is 38.2. The van der Waals surface area contributed by atoms with Gasteiger partial charge in [0.15, 0.2) is 6.10 Å². The SMILES string of the molecule is CC/C=C\C/C=C\C/C=C\C/C=C\C/C=C\C/C=C\C/C=C\C/C=C\CCCCC(=O)OC(COC(=O)CCCCCCCCCC)COP(=O)([O-])OCC[N+](C)(C)C. The van der Waals surface area contributed by atoms with E-state index in [1.165, 1.54) is 25.7 Å². The first-order valence-electron chi connectivity index (χ1n) is 22.4. The molecule has 0 aliphatic heterocycles. The van der Waals surface area contributed by atoms with Gasteiger partial charge in [-0.15, -0.1) is 0 Å². The highest BCUT2D eigenvalue weighted by Gasteiger charge is 2.21. The van der Waals surface area contributed by atoms with Crippen LogP contribution in [0.1, 0.15) is 149 Å². The molecule has 0 spiro atoms. The third-order valence-electron chi connectivity index (χ3n) is 8.87. The first kappa shape index (κ1) is 55.9. The molecule has 2 atom stereocenters. The smallest absolute Gasteiger partial charge is 0.306 e. The van der Waals surface area contributed by atoms with Crippen molar-refractivity contribution in [3.05, 3.63) is 97.2 Å². The van der Waals surface area contributed by atoms with Crippen molar-refractivity contribution in [3.8, 4) is 0 Å². The van der Waals surface area contributed by atoms with E-state index in [9.17, 15) is 19.0 Å². The molecule has 0 bridgehead atoms. The number of hydrogen-bond acceptors (Lipinski definition) is 8. The van der Waals surface area contributed by atoms with Gasteiger partial charge in [-0.25, -0.2) is 0 Å². The second kappa shape index (κ2) is 40.3. The van der Waals surface area contributed by atoms with Crippen LogP contribution in [0.5, 0.6) is 0 Å². The van der Waals surface area contributed by atoms with Crippen molar-refractivity contribution < 1.29 is 42.1 Å². The monoisotopic (exact) mass is 844 g/mol. The predicted molar refractivity (Wildman–Crippen MR) is 245 cm³/mol. The normalized spacial score (nSPS) is 14.5. The van der Waals surface area contributed by atoms with Gasteiger partial charge in [-0.3, -0.25) is 14.2 Å². The fourth-order valence-corrected chi connectivity index (χ4v) is 6.10. The first-order chi connectivity index (χ1) is 28.5. The summed E-state index contributed by atoms with van der Waals surface area (Å²) in [6.45, 7) is 3.99. The fraction of sp³-hybridized carbons (Fsp3) is 0.633. The zero-order valence-corrected chi connectivity index (χ0v) is 38.5. The number of carbonyl (C=O) groups excluding carboxylic acids is 2. The topological polar surface area (TPSA) is 111 Å². The standard InChI is InChI=1S/C49H82NO8P/c1-6-8-10-12-14-16-17-18-19-20-21-22-23-24-25-26-27-28-29-30-31-32-33-34-36-38-40-42-49(52)58-47(46-57-59(53,54)56-44-43-50(3,4)5)45-55-48(51)41-39-37-35-15-13-11-9-7-2/h8,10,14,16,18-19,21-22,24-25,27-28,30-31,33-34,47H,6-7,9,11-13,15,17,20,23,26,29,32,35-46H2,1-5H3/b10-8-,16-14-,19-18-,22-21-,25-24-,28-27-,31-30-,34-33-. The summed E-state index contributed by atoms with van der Waals surface area (Å²) in [5, 5.41) is 0. The lowest BCUT2D eigenvalue weighted by molar-refractivity contribution is -0.870. The summed E-state index contributed by atoms with van der Waals surface area (Å²) in [6, 6.07) is 0. The minimum atomic E-state index is -4.64. The van der Waals surface area contributed by atoms with Gasteiger partial charge in [0.1, 0.15) is 19.8 Å². The Morgan fingerprint density at radius 1 is 0.542 bits per heavy atom. The Labute approximate surface area is 360 Å². The molecule has 9 nitrogen and oxygen atoms in total. The van der Waals surface area contributed by atoms with E-state index in [4.69, 9.17) is 18.5 Å². The van der Waals surface area contributed by atoms with Crippen LogP contribution in [0.4, 0.5) is 0 Å². The minimum absolute atomic E-state index is 0.0443. The quantitative estimate of drug-likeness (QED) is 0.0198. The Bertz CT molecular complexity index is 1320. The predicted octanol–water partition coefficient (Wildman–Crippen LogP) is 12.3. The summed E-state index contributed by atoms with van der Waals surface area (Å²) in [6.07, 6.45) is 53.2. The van der Waals surface area contributed by atoms with Gasteiger partial charge in [0.25, 0.3) is 7.82 Å². The second-order valence-electron chi connectivity index (χ2n) is 15.7. The largest absolute Gasteiger partial charge is 0.756 e. The highest BCUT2D eigenvalue weighted by Crippen LogP contribution is 2.38. The third-order valence-corrected chi connectivity index (χ3v) is 9.83. The molecular weight excluding hydrogens is 762 g/mol. The molecule has 0 aromatic rings. The summed E-state index contributed by atoms with van der Waals surface area (Å²) in [7, 11) is 1.12. The summed E-state index contributed by atoms with van der Waals surface area (Å²) in [5.74, 6) is -0.900. The van der Waals surface area contributed by atoms with Crippen LogP contribution >= 0.6 is 7.82 Å². The zero-order valence-electron chi connectivity index (χ0n) is 37.7. The molecule has 0 aromatic heterocycles. The summed E-state index contributed by atoms with van der Waals surface area (Å²) in [4.78, 5) is 37.4. The molecule has 0 rings (SSSR count). The van der Waals surface area contributed by atoms with Crippen molar-refractivity contribution in [3.63, 3.8) is 0 Å². The van der Waals surface area contributed by atoms with Gasteiger partial charge >= 0.3 is 11.9 Å². The van der Waals surface area contributed by atoms with E-state index in [1.54, 1.807) is 0 Å². The van der Waals surface area contributed by atoms with Gasteiger partial charge in [-0.2, -0.15) is 0 Å². The van der Waals surface area contributed by atoms with Crippen LogP contribution < -0.4 is 4.89 Å². The number of esters is 2. The molecule has 59 heavy (non-hydrogen) atoms. The number of nitrogens with zero attached hydrogens (tertiary/aromatic N) is 1. The molecule has 10 heteroatoms. The van der Waals surface area contributed by atoms with Crippen LogP contribution in [-0.4, -0.2) is 70.0 Å². The Hall–Kier alpha value is -3.07. The molecule has 2 unspecified atom stereocenters. The number of quaternary nitrogens is 1. The zero-order chi connectivity index (χ0) is 43.6. The fourth-order valence-electron chi connectivity index (χ4n) is 5.37. The number of ether oxygens (including phenoxy) is 2. The summed E-state index contributed by atoms with van der Waals surface area (Å²) < 4.78 is 33.7. The molecule has 0 radical (unpaired) electrons. The van der Waals surface area contributed by atoms with E-state index >= 15 is 0 Å². The van der Waals surface area contributed by atoms with E-state index in [1.807, 2.05) is 21.1 Å². The average molecular weight is 844 g/mol. The highest BCUT2D eigenvalue weighted by atomic mass is 31.2. The lowest BCUT2D eigenvalue weighted by Gasteiger charge is -2.28. The van der Waals surface area contributed by atoms with Gasteiger partial charge in [-0.1, -0.05) is 156 Å². The van der Waals surface area contributed by atoms with Crippen molar-refractivity contribution >= 4 is 19.8 Å². The van der Waals surface area contributed by atoms with Crippen molar-refractivity contribution in [1.29, 1.82) is 0 Å². The molecule has 0 fully saturated rings. The van der Waals surface area contributed by atoms with Gasteiger partial charge in [-0.05, 0) is 77.0 Å². The van der Waals surface area contributed by atoms with Crippen LogP contribution in [-0.2, 0) is 32.7 Å². The number of likely N-dealkylation sites (N-methyl/N-ethyl adjacent to an activating group) is 1. The molecule has 0 saturated carbocycles. The number of carbonyl (C=O) groups is 2. The van der Waals surface area contributed by atoms with Gasteiger partial charge in [0, 0.05) is 12.8 Å². The molecule has 0 amide bonds. The van der Waals surface area contributed by atoms with Crippen LogP contribution in [0.2, 0.25) is 0 Å². The first-order valence-corrected chi connectivity index (χ1v) is 23.9. The minimum Gasteiger partial charge on any atom is -0.756 e. The van der Waals surface area contributed by atoms with E-state index in [0.29, 0.717) is 17.4 Å². The van der Waals surface area contributed by atoms with E-state index in [0.717, 1.165) is 89.9 Å². The molecule has 0 N–H and O–H groups in total. The highest BCUT2D eigenvalue weighted by molar-refractivity contribution is 7.45. The van der Waals surface area contributed by atoms with Crippen LogP contribution in [0.3, 0.4) is 0 Å². The number of hydrogen-bond donors (Lipinski definition) is 0. The average Bonchev–Trinajstić information content (AvgIpc) is 3.19. The molecule has 0 saturated heterocycles. The lowest BCUT2D eigenvalue weighted by atomic mass is 10.1. The number of rotatable bonds is 39. The maximum Gasteiger partial charge on any atom is 0.306 e. The van der Waals surface area contributed by atoms with Crippen molar-refractivity contribution in [2.24, 2.45) is 0 Å². The molecule has 336 valence electrons. The van der Waals surface area contributed by atoms with Gasteiger partial charge in [0.2, 0.25) is 0 Å². The van der Waals surface area contributed by atoms with E-state index in [2.05, 4.69) is 111 Å². The molecule has 0 aromatic carbocycles. The molecule has 0 heterocycles. The van der Waals surface area contributed by atoms with Gasteiger partial charge in [0.05, 0.1) is 27.7 Å². The number of phosphoric ester groups is 1. The number of unbranched alkanes of at least 4 members (excludes halogenated alkanes) is 9. The Morgan fingerprint density at radius 3 is 1.44 bits per heavy atom. The second-order valence-corrected chi connectivity index (χ2v) is 17.1. The van der Waals surface area contributed by atoms with Crippen molar-refractivity contribution in [2.75, 3.05) is 47.5 Å². The number of phosphoric acid groups is 1. The van der Waals surface area contributed by atoms with E-state index < -0.39 is 32.5 Å². The lowest BCUT2D eigenvalue weighted by Crippen LogP contribution is -2.37. The van der Waals surface area contributed by atoms with E-state index in [-0.39, 0.29) is 26.1 Å². The van der Waals surface area contributed by atoms with Crippen molar-refractivity contribution in [2.45, 2.75) is 155 Å². The van der Waals surface area contributed by atoms with Crippen LogP contribution in [0.25, 0.3) is 0 Å².